The van der Waals surface area contributed by atoms with Gasteiger partial charge in [-0.05, 0) is 52.2 Å². The first-order chi connectivity index (χ1) is 13.1. The Labute approximate surface area is 170 Å². The fraction of sp³-hybridized carbons (Fsp3) is 0.100. The van der Waals surface area contributed by atoms with Gasteiger partial charge in [0.2, 0.25) is 0 Å². The molecule has 3 rings (SSSR count). The third kappa shape index (κ3) is 4.68. The van der Waals surface area contributed by atoms with Crippen molar-refractivity contribution in [1.82, 2.24) is 10.9 Å². The van der Waals surface area contributed by atoms with Crippen molar-refractivity contribution in [2.45, 2.75) is 0 Å². The SMILES string of the molecule is COc1ccc(C(=O)NNC(=O)COc2cccc3ccccc23)cc1I. The second kappa shape index (κ2) is 8.72. The van der Waals surface area contributed by atoms with Crippen LogP contribution in [0.25, 0.3) is 10.8 Å². The highest BCUT2D eigenvalue weighted by atomic mass is 127. The Morgan fingerprint density at radius 3 is 2.52 bits per heavy atom. The molecular formula is C20H17IN2O4. The number of hydrazine groups is 1. The first kappa shape index (κ1) is 19.0. The van der Waals surface area contributed by atoms with Crippen molar-refractivity contribution < 1.29 is 19.1 Å². The van der Waals surface area contributed by atoms with E-state index in [0.29, 0.717) is 17.1 Å². The molecule has 0 saturated heterocycles. The van der Waals surface area contributed by atoms with Gasteiger partial charge in [0.25, 0.3) is 11.8 Å². The molecule has 138 valence electrons. The molecule has 0 fully saturated rings. The minimum Gasteiger partial charge on any atom is -0.496 e. The molecule has 3 aromatic rings. The molecule has 0 aliphatic rings. The summed E-state index contributed by atoms with van der Waals surface area (Å²) in [6.07, 6.45) is 0. The molecule has 0 radical (unpaired) electrons. The fourth-order valence-corrected chi connectivity index (χ4v) is 3.24. The number of halogens is 1. The van der Waals surface area contributed by atoms with E-state index >= 15 is 0 Å². The lowest BCUT2D eigenvalue weighted by Crippen LogP contribution is -2.43. The van der Waals surface area contributed by atoms with E-state index in [0.717, 1.165) is 14.3 Å². The van der Waals surface area contributed by atoms with Crippen LogP contribution in [0.15, 0.2) is 60.7 Å². The van der Waals surface area contributed by atoms with Crippen LogP contribution in [0, 0.1) is 3.57 Å². The van der Waals surface area contributed by atoms with E-state index in [1.807, 2.05) is 36.4 Å². The maximum Gasteiger partial charge on any atom is 0.276 e. The maximum atomic E-state index is 12.1. The van der Waals surface area contributed by atoms with Crippen LogP contribution < -0.4 is 20.3 Å². The lowest BCUT2D eigenvalue weighted by Gasteiger charge is -2.11. The van der Waals surface area contributed by atoms with Gasteiger partial charge in [-0.25, -0.2) is 0 Å². The molecule has 2 amide bonds. The Kier molecular flexibility index (Phi) is 6.12. The number of hydrogen-bond acceptors (Lipinski definition) is 4. The number of benzene rings is 3. The number of fused-ring (bicyclic) bond motifs is 1. The van der Waals surface area contributed by atoms with Gasteiger partial charge in [0, 0.05) is 10.9 Å². The highest BCUT2D eigenvalue weighted by molar-refractivity contribution is 14.1. The van der Waals surface area contributed by atoms with Crippen LogP contribution in [-0.2, 0) is 4.79 Å². The maximum absolute atomic E-state index is 12.1. The summed E-state index contributed by atoms with van der Waals surface area (Å²) in [7, 11) is 1.56. The summed E-state index contributed by atoms with van der Waals surface area (Å²) in [5.41, 5.74) is 5.14. The number of amides is 2. The largest absolute Gasteiger partial charge is 0.496 e. The van der Waals surface area contributed by atoms with Crippen molar-refractivity contribution in [2.24, 2.45) is 0 Å². The quantitative estimate of drug-likeness (QED) is 0.438. The summed E-state index contributed by atoms with van der Waals surface area (Å²) >= 11 is 2.08. The summed E-state index contributed by atoms with van der Waals surface area (Å²) in [5.74, 6) is 0.410. The average Bonchev–Trinajstić information content (AvgIpc) is 2.70. The first-order valence-corrected chi connectivity index (χ1v) is 9.19. The molecule has 0 aliphatic carbocycles. The van der Waals surface area contributed by atoms with E-state index in [9.17, 15) is 9.59 Å². The van der Waals surface area contributed by atoms with Gasteiger partial charge < -0.3 is 9.47 Å². The lowest BCUT2D eigenvalue weighted by atomic mass is 10.1. The van der Waals surface area contributed by atoms with E-state index in [1.54, 1.807) is 31.4 Å². The van der Waals surface area contributed by atoms with Crippen molar-refractivity contribution in [2.75, 3.05) is 13.7 Å². The lowest BCUT2D eigenvalue weighted by molar-refractivity contribution is -0.123. The molecule has 7 heteroatoms. The van der Waals surface area contributed by atoms with Crippen molar-refractivity contribution in [3.63, 3.8) is 0 Å². The minimum absolute atomic E-state index is 0.214. The molecule has 0 aromatic heterocycles. The van der Waals surface area contributed by atoms with Gasteiger partial charge in [0.1, 0.15) is 11.5 Å². The van der Waals surface area contributed by atoms with Crippen molar-refractivity contribution in [3.05, 3.63) is 69.8 Å². The molecule has 0 spiro atoms. The molecule has 3 aromatic carbocycles. The minimum atomic E-state index is -0.459. The number of hydrogen-bond donors (Lipinski definition) is 2. The van der Waals surface area contributed by atoms with Crippen LogP contribution in [0.5, 0.6) is 11.5 Å². The van der Waals surface area contributed by atoms with Crippen molar-refractivity contribution in [3.8, 4) is 11.5 Å². The van der Waals surface area contributed by atoms with Crippen LogP contribution in [0.3, 0.4) is 0 Å². The number of carbonyl (C=O) groups is 2. The van der Waals surface area contributed by atoms with Gasteiger partial charge in [-0.3, -0.25) is 20.4 Å². The molecule has 0 heterocycles. The number of ether oxygens (including phenoxy) is 2. The van der Waals surface area contributed by atoms with Crippen molar-refractivity contribution >= 4 is 45.2 Å². The molecule has 6 nitrogen and oxygen atoms in total. The summed E-state index contributed by atoms with van der Waals surface area (Å²) in [6, 6.07) is 18.4. The fourth-order valence-electron chi connectivity index (χ4n) is 2.51. The van der Waals surface area contributed by atoms with E-state index < -0.39 is 11.8 Å². The molecule has 2 N–H and O–H groups in total. The summed E-state index contributed by atoms with van der Waals surface area (Å²) in [4.78, 5) is 24.1. The second-order valence-electron chi connectivity index (χ2n) is 5.62. The van der Waals surface area contributed by atoms with Crippen LogP contribution in [0.1, 0.15) is 10.4 Å². The standard InChI is InChI=1S/C20H17IN2O4/c1-26-18-10-9-14(11-16(18)21)20(25)23-22-19(24)12-27-17-8-4-6-13-5-2-3-7-15(13)17/h2-11H,12H2,1H3,(H,22,24)(H,23,25). The zero-order valence-corrected chi connectivity index (χ0v) is 16.6. The van der Waals surface area contributed by atoms with Gasteiger partial charge in [-0.2, -0.15) is 0 Å². The molecule has 0 bridgehead atoms. The van der Waals surface area contributed by atoms with Crippen LogP contribution >= 0.6 is 22.6 Å². The van der Waals surface area contributed by atoms with E-state index in [4.69, 9.17) is 9.47 Å². The predicted octanol–water partition coefficient (Wildman–Crippen LogP) is 3.29. The van der Waals surface area contributed by atoms with E-state index in [1.165, 1.54) is 0 Å². The molecule has 0 saturated carbocycles. The van der Waals surface area contributed by atoms with Crippen LogP contribution in [0.2, 0.25) is 0 Å². The Balaban J connectivity index is 1.55. The van der Waals surface area contributed by atoms with E-state index in [2.05, 4.69) is 33.4 Å². The molecule has 0 aliphatic heterocycles. The third-order valence-electron chi connectivity index (χ3n) is 3.84. The monoisotopic (exact) mass is 476 g/mol. The molecule has 0 atom stereocenters. The second-order valence-corrected chi connectivity index (χ2v) is 6.78. The highest BCUT2D eigenvalue weighted by Crippen LogP contribution is 2.25. The average molecular weight is 476 g/mol. The number of rotatable bonds is 5. The van der Waals surface area contributed by atoms with E-state index in [-0.39, 0.29) is 6.61 Å². The van der Waals surface area contributed by atoms with Crippen molar-refractivity contribution in [1.29, 1.82) is 0 Å². The molecular weight excluding hydrogens is 459 g/mol. The Morgan fingerprint density at radius 1 is 0.963 bits per heavy atom. The number of carbonyl (C=O) groups excluding carboxylic acids is 2. The first-order valence-electron chi connectivity index (χ1n) is 8.12. The van der Waals surface area contributed by atoms with Crippen LogP contribution in [-0.4, -0.2) is 25.5 Å². The van der Waals surface area contributed by atoms with Gasteiger partial charge in [0.15, 0.2) is 6.61 Å². The zero-order chi connectivity index (χ0) is 19.2. The highest BCUT2D eigenvalue weighted by Gasteiger charge is 2.11. The van der Waals surface area contributed by atoms with Gasteiger partial charge in [-0.1, -0.05) is 36.4 Å². The smallest absolute Gasteiger partial charge is 0.276 e. The Morgan fingerprint density at radius 2 is 1.74 bits per heavy atom. The topological polar surface area (TPSA) is 76.7 Å². The third-order valence-corrected chi connectivity index (χ3v) is 4.68. The molecule has 27 heavy (non-hydrogen) atoms. The Bertz CT molecular complexity index is 985. The summed E-state index contributed by atoms with van der Waals surface area (Å²) < 4.78 is 11.5. The number of methoxy groups -OCH3 is 1. The number of nitrogens with one attached hydrogen (secondary N) is 2. The normalized spacial score (nSPS) is 10.3. The van der Waals surface area contributed by atoms with Gasteiger partial charge >= 0.3 is 0 Å². The summed E-state index contributed by atoms with van der Waals surface area (Å²) in [5, 5.41) is 1.95. The Hall–Kier alpha value is -2.81. The van der Waals surface area contributed by atoms with Gasteiger partial charge in [0.05, 0.1) is 10.7 Å². The summed E-state index contributed by atoms with van der Waals surface area (Å²) in [6.45, 7) is -0.214. The van der Waals surface area contributed by atoms with Gasteiger partial charge in [-0.15, -0.1) is 0 Å². The predicted molar refractivity (Wildman–Crippen MR) is 111 cm³/mol. The zero-order valence-electron chi connectivity index (χ0n) is 14.5. The molecule has 0 unspecified atom stereocenters. The van der Waals surface area contributed by atoms with Crippen LogP contribution in [0.4, 0.5) is 0 Å².